The van der Waals surface area contributed by atoms with Gasteiger partial charge in [-0.3, -0.25) is 4.79 Å². The molecule has 4 nitrogen and oxygen atoms in total. The first kappa shape index (κ1) is 17.7. The molecule has 4 heteroatoms. The van der Waals surface area contributed by atoms with Gasteiger partial charge in [0.15, 0.2) is 0 Å². The number of aliphatic hydroxyl groups is 1. The Balaban J connectivity index is 2.07. The van der Waals surface area contributed by atoms with Gasteiger partial charge in [0.05, 0.1) is 24.4 Å². The van der Waals surface area contributed by atoms with Gasteiger partial charge in [-0.2, -0.15) is 0 Å². The fourth-order valence-electron chi connectivity index (χ4n) is 4.98. The van der Waals surface area contributed by atoms with Crippen LogP contribution in [0.3, 0.4) is 0 Å². The Morgan fingerprint density at radius 1 is 1.18 bits per heavy atom. The predicted molar refractivity (Wildman–Crippen MR) is 87.5 cm³/mol. The molecule has 2 rings (SSSR count). The molecule has 1 saturated carbocycles. The number of nitrogens with one attached hydrogen (secondary N) is 1. The van der Waals surface area contributed by atoms with Gasteiger partial charge >= 0.3 is 0 Å². The van der Waals surface area contributed by atoms with Crippen molar-refractivity contribution < 1.29 is 14.6 Å². The molecule has 0 aromatic carbocycles. The first-order chi connectivity index (χ1) is 10.1. The zero-order valence-corrected chi connectivity index (χ0v) is 14.8. The van der Waals surface area contributed by atoms with Crippen molar-refractivity contribution in [2.45, 2.75) is 84.5 Å². The molecule has 0 bridgehead atoms. The maximum atomic E-state index is 12.8. The van der Waals surface area contributed by atoms with E-state index in [9.17, 15) is 9.90 Å². The summed E-state index contributed by atoms with van der Waals surface area (Å²) in [6.45, 7) is 10.8. The second-order valence-electron chi connectivity index (χ2n) is 8.71. The van der Waals surface area contributed by atoms with Gasteiger partial charge in [0.1, 0.15) is 0 Å². The maximum absolute atomic E-state index is 12.8. The Labute approximate surface area is 135 Å². The summed E-state index contributed by atoms with van der Waals surface area (Å²) in [4.78, 5) is 12.8. The predicted octanol–water partition coefficient (Wildman–Crippen LogP) is 2.88. The summed E-state index contributed by atoms with van der Waals surface area (Å²) < 4.78 is 5.73. The average molecular weight is 311 g/mol. The van der Waals surface area contributed by atoms with E-state index in [-0.39, 0.29) is 36.1 Å². The topological polar surface area (TPSA) is 58.6 Å². The molecule has 128 valence electrons. The Bertz CT molecular complexity index is 399. The molecule has 4 unspecified atom stereocenters. The van der Waals surface area contributed by atoms with Crippen LogP contribution in [0.1, 0.15) is 66.7 Å². The van der Waals surface area contributed by atoms with Gasteiger partial charge in [0.25, 0.3) is 0 Å². The van der Waals surface area contributed by atoms with Crippen molar-refractivity contribution in [3.05, 3.63) is 0 Å². The standard InChI is InChI=1S/C18H33NO3/c1-12-8-17(4,5)10-18(9-12,11-20)19-16(21)15-6-13(2)22-14(3)7-15/h12-15,20H,6-11H2,1-5H3,(H,19,21). The molecule has 1 heterocycles. The minimum atomic E-state index is -0.455. The maximum Gasteiger partial charge on any atom is 0.223 e. The largest absolute Gasteiger partial charge is 0.394 e. The summed E-state index contributed by atoms with van der Waals surface area (Å²) in [7, 11) is 0. The van der Waals surface area contributed by atoms with Crippen LogP contribution in [-0.2, 0) is 9.53 Å². The van der Waals surface area contributed by atoms with Crippen molar-refractivity contribution in [1.82, 2.24) is 5.32 Å². The zero-order chi connectivity index (χ0) is 16.5. The van der Waals surface area contributed by atoms with Crippen LogP contribution in [-0.4, -0.2) is 35.4 Å². The van der Waals surface area contributed by atoms with Crippen molar-refractivity contribution in [2.24, 2.45) is 17.3 Å². The minimum absolute atomic E-state index is 0.00233. The fraction of sp³-hybridized carbons (Fsp3) is 0.944. The highest BCUT2D eigenvalue weighted by atomic mass is 16.5. The molecule has 22 heavy (non-hydrogen) atoms. The molecule has 0 spiro atoms. The molecule has 2 N–H and O–H groups in total. The first-order valence-electron chi connectivity index (χ1n) is 8.73. The number of rotatable bonds is 3. The van der Waals surface area contributed by atoms with E-state index < -0.39 is 5.54 Å². The smallest absolute Gasteiger partial charge is 0.223 e. The zero-order valence-electron chi connectivity index (χ0n) is 14.8. The molecule has 2 aliphatic rings. The van der Waals surface area contributed by atoms with Crippen molar-refractivity contribution in [3.63, 3.8) is 0 Å². The Morgan fingerprint density at radius 3 is 2.27 bits per heavy atom. The molecule has 1 aliphatic heterocycles. The summed E-state index contributed by atoms with van der Waals surface area (Å²) in [5, 5.41) is 13.2. The lowest BCUT2D eigenvalue weighted by Gasteiger charge is -2.48. The van der Waals surface area contributed by atoms with E-state index in [0.717, 1.165) is 32.1 Å². The van der Waals surface area contributed by atoms with Gasteiger partial charge < -0.3 is 15.2 Å². The highest BCUT2D eigenvalue weighted by molar-refractivity contribution is 5.79. The molecule has 0 aromatic heterocycles. The number of aliphatic hydroxyl groups excluding tert-OH is 1. The molecule has 0 radical (unpaired) electrons. The number of hydrogen-bond donors (Lipinski definition) is 2. The summed E-state index contributed by atoms with van der Waals surface area (Å²) in [5.41, 5.74) is -0.299. The van der Waals surface area contributed by atoms with Crippen LogP contribution in [0.2, 0.25) is 0 Å². The van der Waals surface area contributed by atoms with E-state index in [4.69, 9.17) is 4.74 Å². The molecular weight excluding hydrogens is 278 g/mol. The second kappa shape index (κ2) is 6.48. The van der Waals surface area contributed by atoms with Gasteiger partial charge in [0, 0.05) is 5.92 Å². The molecule has 2 fully saturated rings. The molecule has 0 aromatic rings. The fourth-order valence-corrected chi connectivity index (χ4v) is 4.98. The number of amides is 1. The van der Waals surface area contributed by atoms with Gasteiger partial charge in [-0.05, 0) is 57.3 Å². The van der Waals surface area contributed by atoms with E-state index >= 15 is 0 Å². The summed E-state index contributed by atoms with van der Waals surface area (Å²) >= 11 is 0. The number of carbonyl (C=O) groups is 1. The van der Waals surface area contributed by atoms with Crippen LogP contribution in [0.5, 0.6) is 0 Å². The van der Waals surface area contributed by atoms with E-state index in [0.29, 0.717) is 5.92 Å². The quantitative estimate of drug-likeness (QED) is 0.842. The lowest BCUT2D eigenvalue weighted by Crippen LogP contribution is -2.58. The van der Waals surface area contributed by atoms with Crippen molar-refractivity contribution in [2.75, 3.05) is 6.61 Å². The summed E-state index contributed by atoms with van der Waals surface area (Å²) in [6, 6.07) is 0. The van der Waals surface area contributed by atoms with Gasteiger partial charge in [0.2, 0.25) is 5.91 Å². The van der Waals surface area contributed by atoms with Gasteiger partial charge in [-0.1, -0.05) is 20.8 Å². The first-order valence-corrected chi connectivity index (χ1v) is 8.73. The minimum Gasteiger partial charge on any atom is -0.394 e. The third kappa shape index (κ3) is 4.23. The van der Waals surface area contributed by atoms with Gasteiger partial charge in [-0.25, -0.2) is 0 Å². The highest BCUT2D eigenvalue weighted by Gasteiger charge is 2.44. The van der Waals surface area contributed by atoms with Crippen LogP contribution in [0.25, 0.3) is 0 Å². The lowest BCUT2D eigenvalue weighted by molar-refractivity contribution is -0.137. The summed E-state index contributed by atoms with van der Waals surface area (Å²) in [6.07, 6.45) is 4.68. The summed E-state index contributed by atoms with van der Waals surface area (Å²) in [5.74, 6) is 0.618. The van der Waals surface area contributed by atoms with Gasteiger partial charge in [-0.15, -0.1) is 0 Å². The monoisotopic (exact) mass is 311 g/mol. The highest BCUT2D eigenvalue weighted by Crippen LogP contribution is 2.44. The van der Waals surface area contributed by atoms with Crippen molar-refractivity contribution in [3.8, 4) is 0 Å². The molecule has 1 saturated heterocycles. The van der Waals surface area contributed by atoms with E-state index in [2.05, 4.69) is 26.1 Å². The van der Waals surface area contributed by atoms with Crippen LogP contribution in [0, 0.1) is 17.3 Å². The molecule has 1 aliphatic carbocycles. The number of hydrogen-bond acceptors (Lipinski definition) is 3. The Kier molecular flexibility index (Phi) is 5.23. The number of carbonyl (C=O) groups excluding carboxylic acids is 1. The Hall–Kier alpha value is -0.610. The molecule has 4 atom stereocenters. The van der Waals surface area contributed by atoms with Crippen LogP contribution in [0.15, 0.2) is 0 Å². The molecular formula is C18H33NO3. The van der Waals surface area contributed by atoms with Crippen molar-refractivity contribution in [1.29, 1.82) is 0 Å². The Morgan fingerprint density at radius 2 is 1.77 bits per heavy atom. The van der Waals surface area contributed by atoms with E-state index in [1.165, 1.54) is 0 Å². The van der Waals surface area contributed by atoms with Crippen LogP contribution in [0.4, 0.5) is 0 Å². The number of ether oxygens (including phenoxy) is 1. The third-order valence-corrected chi connectivity index (χ3v) is 5.22. The third-order valence-electron chi connectivity index (χ3n) is 5.22. The van der Waals surface area contributed by atoms with Crippen LogP contribution >= 0.6 is 0 Å². The normalized spacial score (nSPS) is 41.9. The SMILES string of the molecule is CC1CC(C)(C)CC(CO)(NC(=O)C2CC(C)OC(C)C2)C1. The average Bonchev–Trinajstić information content (AvgIpc) is 2.34. The van der Waals surface area contributed by atoms with Crippen LogP contribution < -0.4 is 5.32 Å². The molecule has 1 amide bonds. The lowest BCUT2D eigenvalue weighted by atomic mass is 9.64. The van der Waals surface area contributed by atoms with E-state index in [1.54, 1.807) is 0 Å². The second-order valence-corrected chi connectivity index (χ2v) is 8.71. The van der Waals surface area contributed by atoms with Crippen molar-refractivity contribution >= 4 is 5.91 Å². The van der Waals surface area contributed by atoms with E-state index in [1.807, 2.05) is 13.8 Å².